The lowest BCUT2D eigenvalue weighted by Gasteiger charge is -2.32. The summed E-state index contributed by atoms with van der Waals surface area (Å²) in [7, 11) is 0. The first-order chi connectivity index (χ1) is 12.7. The van der Waals surface area contributed by atoms with Crippen LogP contribution in [0.2, 0.25) is 0 Å². The third-order valence-electron chi connectivity index (χ3n) is 5.28. The van der Waals surface area contributed by atoms with E-state index in [0.717, 1.165) is 48.1 Å². The Bertz CT molecular complexity index is 993. The van der Waals surface area contributed by atoms with Crippen LogP contribution >= 0.6 is 0 Å². The molecule has 0 amide bonds. The number of aromatic nitrogens is 1. The van der Waals surface area contributed by atoms with Crippen LogP contribution in [0.15, 0.2) is 53.3 Å². The summed E-state index contributed by atoms with van der Waals surface area (Å²) in [5.41, 5.74) is 4.10. The highest BCUT2D eigenvalue weighted by atomic mass is 16.3. The summed E-state index contributed by atoms with van der Waals surface area (Å²) < 4.78 is 0. The lowest BCUT2D eigenvalue weighted by Crippen LogP contribution is -2.38. The number of aryl methyl sites for hydroxylation is 1. The Morgan fingerprint density at radius 3 is 2.85 bits per heavy atom. The van der Waals surface area contributed by atoms with Gasteiger partial charge in [0.15, 0.2) is 0 Å². The van der Waals surface area contributed by atoms with Gasteiger partial charge in [0.25, 0.3) is 5.56 Å². The van der Waals surface area contributed by atoms with Crippen LogP contribution in [0.5, 0.6) is 0 Å². The number of anilines is 1. The number of nitrogens with one attached hydrogen (secondary N) is 1. The highest BCUT2D eigenvalue weighted by molar-refractivity contribution is 5.88. The fourth-order valence-corrected chi connectivity index (χ4v) is 3.87. The molecule has 134 valence electrons. The van der Waals surface area contributed by atoms with Crippen molar-refractivity contribution in [3.8, 4) is 11.3 Å². The highest BCUT2D eigenvalue weighted by Gasteiger charge is 2.18. The van der Waals surface area contributed by atoms with E-state index in [0.29, 0.717) is 11.9 Å². The number of fused-ring (bicyclic) bond motifs is 1. The number of benzene rings is 2. The average Bonchev–Trinajstić information content (AvgIpc) is 2.67. The Labute approximate surface area is 153 Å². The molecule has 1 unspecified atom stereocenters. The van der Waals surface area contributed by atoms with Crippen molar-refractivity contribution in [1.29, 1.82) is 0 Å². The zero-order chi connectivity index (χ0) is 18.1. The number of hydrogen-bond donors (Lipinski definition) is 2. The molecule has 2 aromatic carbocycles. The first-order valence-corrected chi connectivity index (χ1v) is 9.34. The van der Waals surface area contributed by atoms with Crippen molar-refractivity contribution in [2.75, 3.05) is 18.0 Å². The minimum absolute atomic E-state index is 0.0668. The predicted octanol–water partition coefficient (Wildman–Crippen LogP) is 3.72. The number of H-pyrrole nitrogens is 1. The van der Waals surface area contributed by atoms with Gasteiger partial charge in [0.1, 0.15) is 0 Å². The number of piperidine rings is 1. The summed E-state index contributed by atoms with van der Waals surface area (Å²) in [6, 6.07) is 16.3. The maximum Gasteiger partial charge on any atom is 0.256 e. The second kappa shape index (κ2) is 6.96. The van der Waals surface area contributed by atoms with Crippen LogP contribution in [0, 0.1) is 0 Å². The fraction of sp³-hybridized carbons (Fsp3) is 0.318. The van der Waals surface area contributed by atoms with Crippen LogP contribution in [-0.2, 0) is 6.42 Å². The topological polar surface area (TPSA) is 56.3 Å². The number of aliphatic hydroxyl groups excluding tert-OH is 1. The number of nitrogens with zero attached hydrogens (tertiary/aromatic N) is 1. The maximum atomic E-state index is 12.7. The van der Waals surface area contributed by atoms with E-state index in [9.17, 15) is 9.90 Å². The molecule has 2 heterocycles. The number of β-amino-alcohol motifs (C(OH)–C–C–N with tert-alkyl or cyclic N) is 1. The summed E-state index contributed by atoms with van der Waals surface area (Å²) in [6.45, 7) is 3.67. The summed E-state index contributed by atoms with van der Waals surface area (Å²) >= 11 is 0. The van der Waals surface area contributed by atoms with Gasteiger partial charge in [0.05, 0.1) is 6.10 Å². The van der Waals surface area contributed by atoms with Crippen LogP contribution in [0.4, 0.5) is 5.69 Å². The Morgan fingerprint density at radius 1 is 1.19 bits per heavy atom. The minimum Gasteiger partial charge on any atom is -0.391 e. The molecule has 0 aliphatic carbocycles. The second-order valence-electron chi connectivity index (χ2n) is 7.04. The molecule has 4 nitrogen and oxygen atoms in total. The SMILES string of the molecule is CCc1ccccc1-c1cc2ccc(N3CCCC(O)C3)cc2c(=O)[nH]1. The molecular weight excluding hydrogens is 324 g/mol. The standard InChI is InChI=1S/C22H24N2O2/c1-2-15-6-3-4-8-19(15)21-12-16-9-10-17(13-20(16)22(26)23-21)24-11-5-7-18(25)14-24/h3-4,6,8-10,12-13,18,25H,2,5,7,11,14H2,1H3,(H,23,26). The molecule has 1 aliphatic heterocycles. The van der Waals surface area contributed by atoms with Gasteiger partial charge in [-0.05, 0) is 48.4 Å². The van der Waals surface area contributed by atoms with Crippen LogP contribution < -0.4 is 10.5 Å². The monoisotopic (exact) mass is 348 g/mol. The van der Waals surface area contributed by atoms with E-state index in [4.69, 9.17) is 0 Å². The summed E-state index contributed by atoms with van der Waals surface area (Å²) in [6.07, 6.45) is 2.46. The van der Waals surface area contributed by atoms with Crippen molar-refractivity contribution in [3.05, 3.63) is 64.4 Å². The molecule has 1 atom stereocenters. The fourth-order valence-electron chi connectivity index (χ4n) is 3.87. The third-order valence-corrected chi connectivity index (χ3v) is 5.28. The van der Waals surface area contributed by atoms with Crippen molar-refractivity contribution in [1.82, 2.24) is 4.98 Å². The van der Waals surface area contributed by atoms with Gasteiger partial charge in [-0.25, -0.2) is 0 Å². The van der Waals surface area contributed by atoms with E-state index in [1.165, 1.54) is 5.56 Å². The zero-order valence-corrected chi connectivity index (χ0v) is 15.0. The Kier molecular flexibility index (Phi) is 4.51. The predicted molar refractivity (Wildman–Crippen MR) is 107 cm³/mol. The third kappa shape index (κ3) is 3.13. The molecule has 0 spiro atoms. The summed E-state index contributed by atoms with van der Waals surface area (Å²) in [5.74, 6) is 0. The van der Waals surface area contributed by atoms with Crippen molar-refractivity contribution in [3.63, 3.8) is 0 Å². The molecule has 1 aliphatic rings. The van der Waals surface area contributed by atoms with Gasteiger partial charge in [-0.3, -0.25) is 4.79 Å². The first kappa shape index (κ1) is 16.9. The molecule has 2 N–H and O–H groups in total. The van der Waals surface area contributed by atoms with Gasteiger partial charge >= 0.3 is 0 Å². The van der Waals surface area contributed by atoms with E-state index in [2.05, 4.69) is 41.1 Å². The lowest BCUT2D eigenvalue weighted by atomic mass is 10.00. The summed E-state index contributed by atoms with van der Waals surface area (Å²) in [5, 5.41) is 11.5. The van der Waals surface area contributed by atoms with Gasteiger partial charge < -0.3 is 15.0 Å². The minimum atomic E-state index is -0.286. The Hall–Kier alpha value is -2.59. The Balaban J connectivity index is 1.77. The van der Waals surface area contributed by atoms with E-state index in [-0.39, 0.29) is 11.7 Å². The van der Waals surface area contributed by atoms with Gasteiger partial charge in [-0.1, -0.05) is 37.3 Å². The van der Waals surface area contributed by atoms with Crippen LogP contribution in [0.1, 0.15) is 25.3 Å². The van der Waals surface area contributed by atoms with Crippen LogP contribution in [0.25, 0.3) is 22.0 Å². The van der Waals surface area contributed by atoms with E-state index >= 15 is 0 Å². The largest absolute Gasteiger partial charge is 0.391 e. The molecule has 4 rings (SSSR count). The van der Waals surface area contributed by atoms with Crippen LogP contribution in [-0.4, -0.2) is 29.3 Å². The van der Waals surface area contributed by atoms with Gasteiger partial charge in [-0.2, -0.15) is 0 Å². The average molecular weight is 348 g/mol. The van der Waals surface area contributed by atoms with Crippen LogP contribution in [0.3, 0.4) is 0 Å². The maximum absolute atomic E-state index is 12.7. The number of rotatable bonds is 3. The molecule has 0 bridgehead atoms. The molecular formula is C22H24N2O2. The lowest BCUT2D eigenvalue weighted by molar-refractivity contribution is 0.154. The number of hydrogen-bond acceptors (Lipinski definition) is 3. The zero-order valence-electron chi connectivity index (χ0n) is 15.0. The normalized spacial score (nSPS) is 17.6. The Morgan fingerprint density at radius 2 is 2.04 bits per heavy atom. The van der Waals surface area contributed by atoms with E-state index in [1.807, 2.05) is 24.3 Å². The molecule has 0 saturated carbocycles. The molecule has 26 heavy (non-hydrogen) atoms. The molecule has 1 saturated heterocycles. The summed E-state index contributed by atoms with van der Waals surface area (Å²) in [4.78, 5) is 18.0. The number of aliphatic hydroxyl groups is 1. The van der Waals surface area contributed by atoms with Gasteiger partial charge in [-0.15, -0.1) is 0 Å². The molecule has 3 aromatic rings. The molecule has 1 aromatic heterocycles. The second-order valence-corrected chi connectivity index (χ2v) is 7.04. The molecule has 4 heteroatoms. The van der Waals surface area contributed by atoms with E-state index in [1.54, 1.807) is 0 Å². The van der Waals surface area contributed by atoms with Crippen molar-refractivity contribution in [2.45, 2.75) is 32.3 Å². The molecule has 1 fully saturated rings. The number of aromatic amines is 1. The first-order valence-electron chi connectivity index (χ1n) is 9.34. The van der Waals surface area contributed by atoms with Crippen molar-refractivity contribution in [2.24, 2.45) is 0 Å². The number of pyridine rings is 1. The van der Waals surface area contributed by atoms with E-state index < -0.39 is 0 Å². The van der Waals surface area contributed by atoms with Crippen molar-refractivity contribution < 1.29 is 5.11 Å². The van der Waals surface area contributed by atoms with Crippen molar-refractivity contribution >= 4 is 16.5 Å². The smallest absolute Gasteiger partial charge is 0.256 e. The van der Waals surface area contributed by atoms with Gasteiger partial charge in [0, 0.05) is 35.4 Å². The van der Waals surface area contributed by atoms with Gasteiger partial charge in [0.2, 0.25) is 0 Å². The highest BCUT2D eigenvalue weighted by Crippen LogP contribution is 2.27. The quantitative estimate of drug-likeness (QED) is 0.758. The molecule has 0 radical (unpaired) electrons.